The Bertz CT molecular complexity index is 579. The van der Waals surface area contributed by atoms with Gasteiger partial charge in [-0.2, -0.15) is 0 Å². The van der Waals surface area contributed by atoms with Gasteiger partial charge in [0.15, 0.2) is 0 Å². The molecule has 2 aliphatic heterocycles. The Balaban J connectivity index is 1.88. The maximum atomic E-state index is 11.5. The summed E-state index contributed by atoms with van der Waals surface area (Å²) in [6.45, 7) is 7.90. The summed E-state index contributed by atoms with van der Waals surface area (Å²) >= 11 is 0. The molecule has 4 heteroatoms. The quantitative estimate of drug-likeness (QED) is 0.886. The van der Waals surface area contributed by atoms with Crippen molar-refractivity contribution in [3.05, 3.63) is 34.9 Å². The summed E-state index contributed by atoms with van der Waals surface area (Å²) in [5.74, 6) is 1.54. The maximum absolute atomic E-state index is 11.5. The van der Waals surface area contributed by atoms with Crippen LogP contribution in [0.2, 0.25) is 0 Å². The van der Waals surface area contributed by atoms with Crippen LogP contribution in [0.15, 0.2) is 18.2 Å². The Morgan fingerprint density at radius 3 is 2.75 bits per heavy atom. The first kappa shape index (κ1) is 17.3. The second-order valence-corrected chi connectivity index (χ2v) is 7.79. The van der Waals surface area contributed by atoms with Gasteiger partial charge in [-0.3, -0.25) is 0 Å². The van der Waals surface area contributed by atoms with Crippen LogP contribution in [0.3, 0.4) is 0 Å². The van der Waals surface area contributed by atoms with Gasteiger partial charge >= 0.3 is 6.09 Å². The summed E-state index contributed by atoms with van der Waals surface area (Å²) in [6, 6.07) is 6.98. The molecule has 4 nitrogen and oxygen atoms in total. The minimum Gasteiger partial charge on any atom is -0.465 e. The molecular formula is C20H30N2O2. The molecule has 24 heavy (non-hydrogen) atoms. The van der Waals surface area contributed by atoms with Crippen molar-refractivity contribution < 1.29 is 9.90 Å². The lowest BCUT2D eigenvalue weighted by Crippen LogP contribution is -2.33. The van der Waals surface area contributed by atoms with E-state index >= 15 is 0 Å². The number of hydrogen-bond donors (Lipinski definition) is 2. The number of benzene rings is 1. The fourth-order valence-corrected chi connectivity index (χ4v) is 4.30. The van der Waals surface area contributed by atoms with Gasteiger partial charge in [0.2, 0.25) is 0 Å². The van der Waals surface area contributed by atoms with Crippen molar-refractivity contribution >= 4 is 6.09 Å². The zero-order valence-electron chi connectivity index (χ0n) is 14.9. The van der Waals surface area contributed by atoms with Crippen molar-refractivity contribution in [3.8, 4) is 0 Å². The van der Waals surface area contributed by atoms with Gasteiger partial charge in [-0.15, -0.1) is 0 Å². The van der Waals surface area contributed by atoms with Crippen LogP contribution in [-0.2, 0) is 6.42 Å². The second-order valence-electron chi connectivity index (χ2n) is 7.79. The van der Waals surface area contributed by atoms with Crippen LogP contribution in [0.5, 0.6) is 0 Å². The maximum Gasteiger partial charge on any atom is 0.407 e. The number of carbonyl (C=O) groups is 1. The van der Waals surface area contributed by atoms with Crippen molar-refractivity contribution in [2.75, 3.05) is 26.2 Å². The van der Waals surface area contributed by atoms with Crippen LogP contribution in [0, 0.1) is 5.92 Å². The summed E-state index contributed by atoms with van der Waals surface area (Å²) in [5.41, 5.74) is 4.20. The molecule has 3 rings (SSSR count). The Hall–Kier alpha value is -1.55. The minimum absolute atomic E-state index is 0.320. The molecule has 1 saturated heterocycles. The van der Waals surface area contributed by atoms with Crippen LogP contribution in [-0.4, -0.2) is 42.3 Å². The van der Waals surface area contributed by atoms with E-state index in [1.54, 1.807) is 4.90 Å². The summed E-state index contributed by atoms with van der Waals surface area (Å²) in [6.07, 6.45) is 3.51. The number of rotatable bonds is 3. The van der Waals surface area contributed by atoms with Crippen LogP contribution in [0.1, 0.15) is 61.6 Å². The number of nitrogens with zero attached hydrogens (tertiary/aromatic N) is 1. The third-order valence-electron chi connectivity index (χ3n) is 5.54. The molecule has 1 atom stereocenters. The third-order valence-corrected chi connectivity index (χ3v) is 5.54. The largest absolute Gasteiger partial charge is 0.465 e. The first-order chi connectivity index (χ1) is 11.5. The topological polar surface area (TPSA) is 52.6 Å². The molecule has 0 aliphatic carbocycles. The smallest absolute Gasteiger partial charge is 0.407 e. The number of hydrogen-bond acceptors (Lipinski definition) is 2. The second kappa shape index (κ2) is 7.56. The molecule has 1 aromatic rings. The van der Waals surface area contributed by atoms with Gasteiger partial charge in [0.1, 0.15) is 0 Å². The first-order valence-electron chi connectivity index (χ1n) is 9.36. The minimum atomic E-state index is -0.782. The van der Waals surface area contributed by atoms with E-state index in [9.17, 15) is 9.90 Å². The van der Waals surface area contributed by atoms with Crippen LogP contribution >= 0.6 is 0 Å². The molecule has 0 aromatic heterocycles. The average molecular weight is 330 g/mol. The number of fused-ring (bicyclic) bond motifs is 1. The predicted octanol–water partition coefficient (Wildman–Crippen LogP) is 3.82. The summed E-state index contributed by atoms with van der Waals surface area (Å²) in [4.78, 5) is 13.1. The van der Waals surface area contributed by atoms with Crippen molar-refractivity contribution in [1.82, 2.24) is 10.2 Å². The van der Waals surface area contributed by atoms with E-state index < -0.39 is 6.09 Å². The van der Waals surface area contributed by atoms with Crippen molar-refractivity contribution in [2.45, 2.75) is 51.4 Å². The highest BCUT2D eigenvalue weighted by Gasteiger charge is 2.27. The lowest BCUT2D eigenvalue weighted by molar-refractivity contribution is 0.142. The molecule has 1 amide bonds. The molecule has 2 aliphatic rings. The highest BCUT2D eigenvalue weighted by atomic mass is 16.4. The number of carboxylic acid groups (broad SMARTS) is 1. The Labute approximate surface area is 145 Å². The zero-order valence-corrected chi connectivity index (χ0v) is 14.9. The van der Waals surface area contributed by atoms with E-state index in [0.29, 0.717) is 30.8 Å². The van der Waals surface area contributed by atoms with Crippen molar-refractivity contribution in [1.29, 1.82) is 0 Å². The van der Waals surface area contributed by atoms with Crippen LogP contribution in [0.25, 0.3) is 0 Å². The van der Waals surface area contributed by atoms with Gasteiger partial charge in [-0.1, -0.05) is 32.0 Å². The van der Waals surface area contributed by atoms with E-state index in [4.69, 9.17) is 0 Å². The molecule has 1 fully saturated rings. The van der Waals surface area contributed by atoms with Crippen LogP contribution < -0.4 is 5.32 Å². The van der Waals surface area contributed by atoms with Gasteiger partial charge in [0, 0.05) is 19.0 Å². The van der Waals surface area contributed by atoms with Gasteiger partial charge in [-0.05, 0) is 67.3 Å². The van der Waals surface area contributed by atoms with E-state index in [1.165, 1.54) is 29.5 Å². The van der Waals surface area contributed by atoms with Gasteiger partial charge in [0.05, 0.1) is 0 Å². The molecule has 1 aromatic carbocycles. The summed E-state index contributed by atoms with van der Waals surface area (Å²) in [7, 11) is 0. The standard InChI is InChI=1S/C20H30N2O2/c1-14(2)11-18-13-22(20(23)24)10-7-17-12-16(3-4-19(17)18)15-5-8-21-9-6-15/h3-4,12,14-15,18,21H,5-11,13H2,1-2H3,(H,23,24). The van der Waals surface area contributed by atoms with E-state index in [2.05, 4.69) is 37.4 Å². The number of piperidine rings is 1. The van der Waals surface area contributed by atoms with E-state index in [0.717, 1.165) is 25.9 Å². The fraction of sp³-hybridized carbons (Fsp3) is 0.650. The van der Waals surface area contributed by atoms with E-state index in [-0.39, 0.29) is 0 Å². The normalized spacial score (nSPS) is 22.3. The molecule has 0 saturated carbocycles. The number of nitrogens with one attached hydrogen (secondary N) is 1. The summed E-state index contributed by atoms with van der Waals surface area (Å²) in [5, 5.41) is 12.9. The third kappa shape index (κ3) is 3.92. The average Bonchev–Trinajstić information content (AvgIpc) is 2.74. The molecule has 2 N–H and O–H groups in total. The fourth-order valence-electron chi connectivity index (χ4n) is 4.30. The highest BCUT2D eigenvalue weighted by molar-refractivity contribution is 5.65. The Morgan fingerprint density at radius 2 is 2.08 bits per heavy atom. The van der Waals surface area contributed by atoms with Crippen molar-refractivity contribution in [3.63, 3.8) is 0 Å². The molecule has 1 unspecified atom stereocenters. The molecule has 132 valence electrons. The molecule has 0 radical (unpaired) electrons. The van der Waals surface area contributed by atoms with Gasteiger partial charge in [-0.25, -0.2) is 4.79 Å². The molecular weight excluding hydrogens is 300 g/mol. The van der Waals surface area contributed by atoms with Crippen LogP contribution in [0.4, 0.5) is 4.79 Å². The van der Waals surface area contributed by atoms with Gasteiger partial charge in [0.25, 0.3) is 0 Å². The SMILES string of the molecule is CC(C)CC1CN(C(=O)O)CCc2cc(C3CCNCC3)ccc21. The molecule has 2 heterocycles. The lowest BCUT2D eigenvalue weighted by Gasteiger charge is -2.26. The van der Waals surface area contributed by atoms with Gasteiger partial charge < -0.3 is 15.3 Å². The Morgan fingerprint density at radius 1 is 1.33 bits per heavy atom. The molecule has 0 bridgehead atoms. The van der Waals surface area contributed by atoms with Crippen molar-refractivity contribution in [2.24, 2.45) is 5.92 Å². The number of amides is 1. The predicted molar refractivity (Wildman–Crippen MR) is 96.8 cm³/mol. The lowest BCUT2D eigenvalue weighted by atomic mass is 9.83. The highest BCUT2D eigenvalue weighted by Crippen LogP contribution is 2.34. The Kier molecular flexibility index (Phi) is 5.44. The first-order valence-corrected chi connectivity index (χ1v) is 9.36. The van der Waals surface area contributed by atoms with E-state index in [1.807, 2.05) is 0 Å². The summed E-state index contributed by atoms with van der Waals surface area (Å²) < 4.78 is 0. The monoisotopic (exact) mass is 330 g/mol. The zero-order chi connectivity index (χ0) is 17.1. The molecule has 0 spiro atoms.